The minimum absolute atomic E-state index is 0.0770. The van der Waals surface area contributed by atoms with Crippen LogP contribution in [-0.4, -0.2) is 30.3 Å². The summed E-state index contributed by atoms with van der Waals surface area (Å²) in [5.41, 5.74) is 1.14. The smallest absolute Gasteiger partial charge is 0.223 e. The normalized spacial score (nSPS) is 31.5. The van der Waals surface area contributed by atoms with E-state index in [2.05, 4.69) is 5.32 Å². The molecule has 1 aromatic rings. The highest BCUT2D eigenvalue weighted by molar-refractivity contribution is 5.83. The molecular weight excluding hydrogens is 266 g/mol. The van der Waals surface area contributed by atoms with Crippen LogP contribution in [0.1, 0.15) is 43.6 Å². The number of hydrogen-bond acceptors (Lipinski definition) is 3. The van der Waals surface area contributed by atoms with E-state index in [4.69, 9.17) is 4.74 Å². The number of ether oxygens (including phenoxy) is 1. The van der Waals surface area contributed by atoms with Crippen molar-refractivity contribution in [2.45, 2.75) is 50.2 Å². The third kappa shape index (κ3) is 3.21. The van der Waals surface area contributed by atoms with E-state index in [1.165, 1.54) is 0 Å². The Morgan fingerprint density at radius 3 is 2.67 bits per heavy atom. The summed E-state index contributed by atoms with van der Waals surface area (Å²) in [4.78, 5) is 12.3. The van der Waals surface area contributed by atoms with E-state index in [0.29, 0.717) is 0 Å². The van der Waals surface area contributed by atoms with Gasteiger partial charge in [-0.3, -0.25) is 4.79 Å². The lowest BCUT2D eigenvalue weighted by Gasteiger charge is -2.26. The monoisotopic (exact) mass is 289 g/mol. The first-order chi connectivity index (χ1) is 10.2. The van der Waals surface area contributed by atoms with Gasteiger partial charge in [0.15, 0.2) is 0 Å². The van der Waals surface area contributed by atoms with Gasteiger partial charge in [-0.1, -0.05) is 18.2 Å². The average Bonchev–Trinajstić information content (AvgIpc) is 3.30. The Labute approximate surface area is 125 Å². The number of carbonyl (C=O) groups is 1. The molecule has 114 valence electrons. The fraction of sp³-hybridized carbons (Fsp3) is 0.588. The van der Waals surface area contributed by atoms with Crippen molar-refractivity contribution in [3.05, 3.63) is 29.8 Å². The average molecular weight is 289 g/mol. The number of rotatable bonds is 4. The molecule has 0 spiro atoms. The molecule has 1 amide bonds. The van der Waals surface area contributed by atoms with Crippen molar-refractivity contribution in [2.75, 3.05) is 7.11 Å². The molecule has 2 N–H and O–H groups in total. The van der Waals surface area contributed by atoms with Crippen LogP contribution in [0.4, 0.5) is 0 Å². The standard InChI is InChI=1S/C17H23NO3/c1-21-16-5-3-2-4-13(16)14-10-15(14)17(20)18-11-6-8-12(19)9-7-11/h2-5,11-12,14-15,19H,6-10H2,1H3,(H,18,20). The van der Waals surface area contributed by atoms with E-state index in [0.717, 1.165) is 43.4 Å². The largest absolute Gasteiger partial charge is 0.496 e. The molecule has 1 aromatic carbocycles. The van der Waals surface area contributed by atoms with Crippen LogP contribution in [0.15, 0.2) is 24.3 Å². The van der Waals surface area contributed by atoms with Gasteiger partial charge in [0.2, 0.25) is 5.91 Å². The van der Waals surface area contributed by atoms with Crippen molar-refractivity contribution in [1.82, 2.24) is 5.32 Å². The van der Waals surface area contributed by atoms with Crippen LogP contribution in [0.25, 0.3) is 0 Å². The summed E-state index contributed by atoms with van der Waals surface area (Å²) in [7, 11) is 1.67. The Morgan fingerprint density at radius 1 is 1.24 bits per heavy atom. The number of methoxy groups -OCH3 is 1. The first-order valence-electron chi connectivity index (χ1n) is 7.80. The van der Waals surface area contributed by atoms with Crippen molar-refractivity contribution < 1.29 is 14.6 Å². The molecule has 4 heteroatoms. The maximum atomic E-state index is 12.3. The van der Waals surface area contributed by atoms with Crippen LogP contribution in [-0.2, 0) is 4.79 Å². The topological polar surface area (TPSA) is 58.6 Å². The van der Waals surface area contributed by atoms with Crippen LogP contribution in [0.5, 0.6) is 5.75 Å². The summed E-state index contributed by atoms with van der Waals surface area (Å²) in [5, 5.41) is 12.7. The maximum absolute atomic E-state index is 12.3. The second-order valence-corrected chi connectivity index (χ2v) is 6.20. The van der Waals surface area contributed by atoms with Crippen LogP contribution >= 0.6 is 0 Å². The number of aliphatic hydroxyl groups is 1. The molecule has 3 rings (SSSR count). The van der Waals surface area contributed by atoms with Crippen LogP contribution in [0.3, 0.4) is 0 Å². The number of benzene rings is 1. The summed E-state index contributed by atoms with van der Waals surface area (Å²) in [5.74, 6) is 1.40. The molecule has 2 fully saturated rings. The van der Waals surface area contributed by atoms with Crippen molar-refractivity contribution in [2.24, 2.45) is 5.92 Å². The Balaban J connectivity index is 1.56. The molecule has 0 heterocycles. The van der Waals surface area contributed by atoms with Crippen molar-refractivity contribution in [1.29, 1.82) is 0 Å². The van der Waals surface area contributed by atoms with Gasteiger partial charge in [0, 0.05) is 12.0 Å². The van der Waals surface area contributed by atoms with Gasteiger partial charge < -0.3 is 15.2 Å². The van der Waals surface area contributed by atoms with Crippen LogP contribution in [0, 0.1) is 5.92 Å². The highest BCUT2D eigenvalue weighted by Gasteiger charge is 2.45. The van der Waals surface area contributed by atoms with Gasteiger partial charge in [-0.2, -0.15) is 0 Å². The molecule has 2 saturated carbocycles. The number of aliphatic hydroxyl groups excluding tert-OH is 1. The lowest BCUT2D eigenvalue weighted by Crippen LogP contribution is -2.39. The summed E-state index contributed by atoms with van der Waals surface area (Å²) < 4.78 is 5.38. The van der Waals surface area contributed by atoms with Crippen molar-refractivity contribution in [3.63, 3.8) is 0 Å². The zero-order valence-electron chi connectivity index (χ0n) is 12.4. The number of carbonyl (C=O) groups excluding carboxylic acids is 1. The van der Waals surface area contributed by atoms with Crippen LogP contribution in [0.2, 0.25) is 0 Å². The van der Waals surface area contributed by atoms with Gasteiger partial charge in [-0.25, -0.2) is 0 Å². The quantitative estimate of drug-likeness (QED) is 0.893. The Bertz CT molecular complexity index is 509. The fourth-order valence-electron chi connectivity index (χ4n) is 3.33. The minimum atomic E-state index is -0.180. The molecular formula is C17H23NO3. The first kappa shape index (κ1) is 14.4. The molecule has 2 atom stereocenters. The molecule has 4 nitrogen and oxygen atoms in total. The first-order valence-corrected chi connectivity index (χ1v) is 7.80. The van der Waals surface area contributed by atoms with Crippen molar-refractivity contribution >= 4 is 5.91 Å². The van der Waals surface area contributed by atoms with Gasteiger partial charge >= 0.3 is 0 Å². The van der Waals surface area contributed by atoms with Gasteiger partial charge in [-0.05, 0) is 49.7 Å². The summed E-state index contributed by atoms with van der Waals surface area (Å²) >= 11 is 0. The van der Waals surface area contributed by atoms with Gasteiger partial charge in [-0.15, -0.1) is 0 Å². The second-order valence-electron chi connectivity index (χ2n) is 6.20. The molecule has 0 aromatic heterocycles. The predicted octanol–water partition coefficient (Wildman–Crippen LogP) is 2.22. The van der Waals surface area contributed by atoms with E-state index >= 15 is 0 Å². The van der Waals surface area contributed by atoms with Gasteiger partial charge in [0.1, 0.15) is 5.75 Å². The Hall–Kier alpha value is -1.55. The van der Waals surface area contributed by atoms with Gasteiger partial charge in [0.25, 0.3) is 0 Å². The van der Waals surface area contributed by atoms with E-state index in [-0.39, 0.29) is 29.9 Å². The fourth-order valence-corrected chi connectivity index (χ4v) is 3.33. The zero-order chi connectivity index (χ0) is 14.8. The molecule has 0 radical (unpaired) electrons. The molecule has 0 saturated heterocycles. The molecule has 0 bridgehead atoms. The predicted molar refractivity (Wildman–Crippen MR) is 80.2 cm³/mol. The zero-order valence-corrected chi connectivity index (χ0v) is 12.4. The van der Waals surface area contributed by atoms with E-state index < -0.39 is 0 Å². The number of amides is 1. The SMILES string of the molecule is COc1ccccc1C1CC1C(=O)NC1CCC(O)CC1. The number of para-hydroxylation sites is 1. The van der Waals surface area contributed by atoms with E-state index in [1.54, 1.807) is 7.11 Å². The van der Waals surface area contributed by atoms with E-state index in [1.807, 2.05) is 24.3 Å². The maximum Gasteiger partial charge on any atom is 0.223 e. The number of hydrogen-bond donors (Lipinski definition) is 2. The Morgan fingerprint density at radius 2 is 1.95 bits per heavy atom. The highest BCUT2D eigenvalue weighted by atomic mass is 16.5. The lowest BCUT2D eigenvalue weighted by molar-refractivity contribution is -0.123. The molecule has 2 unspecified atom stereocenters. The third-order valence-corrected chi connectivity index (χ3v) is 4.71. The molecule has 2 aliphatic rings. The second kappa shape index (κ2) is 6.06. The number of nitrogens with one attached hydrogen (secondary N) is 1. The molecule has 21 heavy (non-hydrogen) atoms. The summed E-state index contributed by atoms with van der Waals surface area (Å²) in [6, 6.07) is 8.18. The summed E-state index contributed by atoms with van der Waals surface area (Å²) in [6.45, 7) is 0. The molecule has 0 aliphatic heterocycles. The highest BCUT2D eigenvalue weighted by Crippen LogP contribution is 2.50. The minimum Gasteiger partial charge on any atom is -0.496 e. The summed E-state index contributed by atoms with van der Waals surface area (Å²) in [6.07, 6.45) is 4.09. The third-order valence-electron chi connectivity index (χ3n) is 4.71. The lowest BCUT2D eigenvalue weighted by atomic mass is 9.93. The molecule has 2 aliphatic carbocycles. The van der Waals surface area contributed by atoms with Crippen molar-refractivity contribution in [3.8, 4) is 5.75 Å². The Kier molecular flexibility index (Phi) is 4.15. The van der Waals surface area contributed by atoms with E-state index in [9.17, 15) is 9.90 Å². The van der Waals surface area contributed by atoms with Crippen LogP contribution < -0.4 is 10.1 Å². The van der Waals surface area contributed by atoms with Gasteiger partial charge in [0.05, 0.1) is 13.2 Å².